The number of fused-ring (bicyclic) bond motifs is 1. The molecular weight excluding hydrogens is 278 g/mol. The number of hydrogen-bond acceptors (Lipinski definition) is 4. The summed E-state index contributed by atoms with van der Waals surface area (Å²) >= 11 is 6.17. The molecule has 0 saturated heterocycles. The summed E-state index contributed by atoms with van der Waals surface area (Å²) in [5.41, 5.74) is 1.95. The molecule has 0 aliphatic carbocycles. The topological polar surface area (TPSA) is 68.9 Å². The van der Waals surface area contributed by atoms with Crippen LogP contribution in [0.25, 0.3) is 22.2 Å². The Labute approximate surface area is 119 Å². The normalized spacial score (nSPS) is 10.7. The van der Waals surface area contributed by atoms with Crippen LogP contribution in [0.1, 0.15) is 0 Å². The Bertz CT molecular complexity index is 820. The second-order valence-corrected chi connectivity index (χ2v) is 4.57. The zero-order valence-electron chi connectivity index (χ0n) is 10.2. The molecule has 1 heterocycles. The van der Waals surface area contributed by atoms with Crippen molar-refractivity contribution in [2.75, 3.05) is 0 Å². The second kappa shape index (κ2) is 4.86. The van der Waals surface area contributed by atoms with Gasteiger partial charge in [0.25, 0.3) is 5.69 Å². The molecule has 98 valence electrons. The van der Waals surface area contributed by atoms with Gasteiger partial charge in [-0.25, -0.2) is 9.97 Å². The van der Waals surface area contributed by atoms with Gasteiger partial charge in [0.1, 0.15) is 6.33 Å². The second-order valence-electron chi connectivity index (χ2n) is 4.16. The summed E-state index contributed by atoms with van der Waals surface area (Å²) in [6.45, 7) is 0. The summed E-state index contributed by atoms with van der Waals surface area (Å²) in [7, 11) is 0. The Morgan fingerprint density at radius 2 is 1.90 bits per heavy atom. The van der Waals surface area contributed by atoms with Gasteiger partial charge in [-0.1, -0.05) is 29.8 Å². The summed E-state index contributed by atoms with van der Waals surface area (Å²) in [4.78, 5) is 18.8. The van der Waals surface area contributed by atoms with Crippen molar-refractivity contribution in [3.05, 3.63) is 63.9 Å². The van der Waals surface area contributed by atoms with E-state index in [1.807, 2.05) is 18.2 Å². The number of rotatable bonds is 2. The Morgan fingerprint density at radius 3 is 2.65 bits per heavy atom. The van der Waals surface area contributed by atoms with Gasteiger partial charge in [0.2, 0.25) is 0 Å². The van der Waals surface area contributed by atoms with Gasteiger partial charge in [0.05, 0.1) is 16.1 Å². The van der Waals surface area contributed by atoms with Crippen LogP contribution < -0.4 is 0 Å². The number of nitro groups is 1. The van der Waals surface area contributed by atoms with Crippen molar-refractivity contribution in [3.8, 4) is 11.3 Å². The number of nitrogens with zero attached hydrogens (tertiary/aromatic N) is 3. The molecule has 1 aromatic heterocycles. The van der Waals surface area contributed by atoms with Crippen molar-refractivity contribution in [2.45, 2.75) is 0 Å². The van der Waals surface area contributed by atoms with Crippen LogP contribution in [0.2, 0.25) is 5.02 Å². The first kappa shape index (κ1) is 12.5. The molecule has 0 saturated carbocycles. The number of halogens is 1. The summed E-state index contributed by atoms with van der Waals surface area (Å²) in [6.07, 6.45) is 1.42. The van der Waals surface area contributed by atoms with Crippen molar-refractivity contribution < 1.29 is 4.92 Å². The van der Waals surface area contributed by atoms with E-state index < -0.39 is 4.92 Å². The maximum atomic E-state index is 10.9. The molecule has 0 aliphatic heterocycles. The van der Waals surface area contributed by atoms with Gasteiger partial charge >= 0.3 is 0 Å². The summed E-state index contributed by atoms with van der Waals surface area (Å²) in [5, 5.41) is 12.0. The molecule has 0 amide bonds. The fourth-order valence-electron chi connectivity index (χ4n) is 2.03. The van der Waals surface area contributed by atoms with Gasteiger partial charge in [0.15, 0.2) is 0 Å². The third-order valence-electron chi connectivity index (χ3n) is 2.96. The lowest BCUT2D eigenvalue weighted by Gasteiger charge is -2.06. The van der Waals surface area contributed by atoms with Crippen LogP contribution in [0.5, 0.6) is 0 Å². The Morgan fingerprint density at radius 1 is 1.10 bits per heavy atom. The first-order valence-corrected chi connectivity index (χ1v) is 6.18. The van der Waals surface area contributed by atoms with E-state index in [-0.39, 0.29) is 5.69 Å². The summed E-state index contributed by atoms with van der Waals surface area (Å²) in [5.74, 6) is 0. The number of non-ortho nitro benzene ring substituents is 1. The molecule has 0 N–H and O–H groups in total. The van der Waals surface area contributed by atoms with E-state index in [1.165, 1.54) is 18.5 Å². The predicted octanol–water partition coefficient (Wildman–Crippen LogP) is 3.86. The number of nitro benzene ring substituents is 1. The first-order valence-electron chi connectivity index (χ1n) is 5.81. The molecule has 0 spiro atoms. The smallest absolute Gasteiger partial charge is 0.258 e. The minimum atomic E-state index is -0.442. The van der Waals surface area contributed by atoms with Crippen LogP contribution in [0.3, 0.4) is 0 Å². The molecule has 2 aromatic carbocycles. The Hall–Kier alpha value is -2.53. The molecule has 0 fully saturated rings. The number of hydrogen-bond donors (Lipinski definition) is 0. The van der Waals surface area contributed by atoms with E-state index in [0.29, 0.717) is 21.6 Å². The summed E-state index contributed by atoms with van der Waals surface area (Å²) in [6, 6.07) is 11.7. The molecule has 5 nitrogen and oxygen atoms in total. The van der Waals surface area contributed by atoms with Crippen LogP contribution >= 0.6 is 11.6 Å². The van der Waals surface area contributed by atoms with Crippen molar-refractivity contribution in [1.82, 2.24) is 9.97 Å². The van der Waals surface area contributed by atoms with Crippen molar-refractivity contribution in [1.29, 1.82) is 0 Å². The Balaban J connectivity index is 2.33. The fraction of sp³-hybridized carbons (Fsp3) is 0. The number of aromatic nitrogens is 2. The molecule has 3 rings (SSSR count). The van der Waals surface area contributed by atoms with Crippen LogP contribution in [0.15, 0.2) is 48.8 Å². The molecule has 0 unspecified atom stereocenters. The highest BCUT2D eigenvalue weighted by Crippen LogP contribution is 2.32. The van der Waals surface area contributed by atoms with Gasteiger partial charge < -0.3 is 0 Å². The largest absolute Gasteiger partial charge is 0.270 e. The van der Waals surface area contributed by atoms with Crippen LogP contribution in [0, 0.1) is 10.1 Å². The highest BCUT2D eigenvalue weighted by Gasteiger charge is 2.13. The van der Waals surface area contributed by atoms with Crippen LogP contribution in [-0.2, 0) is 0 Å². The van der Waals surface area contributed by atoms with E-state index in [9.17, 15) is 10.1 Å². The maximum Gasteiger partial charge on any atom is 0.270 e. The van der Waals surface area contributed by atoms with E-state index in [0.717, 1.165) is 5.56 Å². The average molecular weight is 286 g/mol. The molecule has 3 aromatic rings. The minimum Gasteiger partial charge on any atom is -0.258 e. The lowest BCUT2D eigenvalue weighted by molar-refractivity contribution is -0.384. The zero-order valence-corrected chi connectivity index (χ0v) is 10.9. The zero-order chi connectivity index (χ0) is 14.1. The first-order chi connectivity index (χ1) is 9.66. The number of benzene rings is 2. The maximum absolute atomic E-state index is 10.9. The van der Waals surface area contributed by atoms with Gasteiger partial charge in [-0.15, -0.1) is 0 Å². The highest BCUT2D eigenvalue weighted by molar-refractivity contribution is 6.33. The monoisotopic (exact) mass is 285 g/mol. The molecule has 0 radical (unpaired) electrons. The highest BCUT2D eigenvalue weighted by atomic mass is 35.5. The fourth-order valence-corrected chi connectivity index (χ4v) is 2.25. The third kappa shape index (κ3) is 2.08. The average Bonchev–Trinajstić information content (AvgIpc) is 2.46. The van der Waals surface area contributed by atoms with E-state index in [1.54, 1.807) is 12.1 Å². The standard InChI is InChI=1S/C14H8ClN3O2/c15-12-4-2-1-3-10(12)14-11-7-9(18(19)20)5-6-13(11)16-8-17-14/h1-8H. The molecule has 20 heavy (non-hydrogen) atoms. The quantitative estimate of drug-likeness (QED) is 0.529. The predicted molar refractivity (Wildman–Crippen MR) is 76.6 cm³/mol. The molecule has 6 heteroatoms. The van der Waals surface area contributed by atoms with Gasteiger partial charge in [0, 0.05) is 28.1 Å². The van der Waals surface area contributed by atoms with Crippen molar-refractivity contribution >= 4 is 28.2 Å². The Kier molecular flexibility index (Phi) is 3.04. The lowest BCUT2D eigenvalue weighted by atomic mass is 10.1. The van der Waals surface area contributed by atoms with Crippen LogP contribution in [0.4, 0.5) is 5.69 Å². The van der Waals surface area contributed by atoms with Gasteiger partial charge in [-0.2, -0.15) is 0 Å². The molecule has 0 atom stereocenters. The van der Waals surface area contributed by atoms with E-state index in [4.69, 9.17) is 11.6 Å². The SMILES string of the molecule is O=[N+]([O-])c1ccc2ncnc(-c3ccccc3Cl)c2c1. The lowest BCUT2D eigenvalue weighted by Crippen LogP contribution is -1.92. The molecule has 0 bridgehead atoms. The van der Waals surface area contributed by atoms with Gasteiger partial charge in [-0.05, 0) is 12.1 Å². The minimum absolute atomic E-state index is 0.000559. The van der Waals surface area contributed by atoms with Gasteiger partial charge in [-0.3, -0.25) is 10.1 Å². The van der Waals surface area contributed by atoms with E-state index >= 15 is 0 Å². The third-order valence-corrected chi connectivity index (χ3v) is 3.29. The van der Waals surface area contributed by atoms with Crippen molar-refractivity contribution in [3.63, 3.8) is 0 Å². The molecular formula is C14H8ClN3O2. The van der Waals surface area contributed by atoms with E-state index in [2.05, 4.69) is 9.97 Å². The summed E-state index contributed by atoms with van der Waals surface area (Å²) < 4.78 is 0. The van der Waals surface area contributed by atoms with Crippen LogP contribution in [-0.4, -0.2) is 14.9 Å². The molecule has 0 aliphatic rings. The van der Waals surface area contributed by atoms with Crippen molar-refractivity contribution in [2.24, 2.45) is 0 Å².